The van der Waals surface area contributed by atoms with Gasteiger partial charge in [-0.25, -0.2) is 0 Å². The molecule has 0 atom stereocenters. The van der Waals surface area contributed by atoms with Crippen LogP contribution in [0.25, 0.3) is 0 Å². The average molecular weight is 254 g/mol. The lowest BCUT2D eigenvalue weighted by Gasteiger charge is -2.32. The average Bonchev–Trinajstić information content (AvgIpc) is 3.18. The molecule has 1 saturated heterocycles. The fraction of sp³-hybridized carbons (Fsp3) is 0.923. The maximum atomic E-state index is 11.5. The highest BCUT2D eigenvalue weighted by Crippen LogP contribution is 2.17. The van der Waals surface area contributed by atoms with Gasteiger partial charge in [0.1, 0.15) is 0 Å². The van der Waals surface area contributed by atoms with Gasteiger partial charge >= 0.3 is 0 Å². The summed E-state index contributed by atoms with van der Waals surface area (Å²) in [6.07, 6.45) is 3.52. The fourth-order valence-electron chi connectivity index (χ4n) is 2.19. The third kappa shape index (κ3) is 5.33. The van der Waals surface area contributed by atoms with Gasteiger partial charge in [0.15, 0.2) is 0 Å². The summed E-state index contributed by atoms with van der Waals surface area (Å²) in [5.74, 6) is 0.139. The van der Waals surface area contributed by atoms with Crippen molar-refractivity contribution in [1.29, 1.82) is 0 Å². The Morgan fingerprint density at radius 3 is 2.61 bits per heavy atom. The van der Waals surface area contributed by atoms with Gasteiger partial charge in [-0.05, 0) is 32.9 Å². The lowest BCUT2D eigenvalue weighted by Crippen LogP contribution is -2.45. The van der Waals surface area contributed by atoms with Crippen molar-refractivity contribution in [1.82, 2.24) is 20.4 Å². The molecule has 1 heterocycles. The number of piperazine rings is 1. The molecular weight excluding hydrogens is 228 g/mol. The topological polar surface area (TPSA) is 47.6 Å². The summed E-state index contributed by atoms with van der Waals surface area (Å²) in [5, 5.41) is 6.20. The molecule has 0 spiro atoms. The van der Waals surface area contributed by atoms with Crippen LogP contribution in [0.4, 0.5) is 0 Å². The number of rotatable bonds is 7. The Labute approximate surface area is 110 Å². The van der Waals surface area contributed by atoms with Gasteiger partial charge < -0.3 is 20.4 Å². The maximum absolute atomic E-state index is 11.5. The third-order valence-corrected chi connectivity index (χ3v) is 3.70. The highest BCUT2D eigenvalue weighted by molar-refractivity contribution is 5.78. The first kappa shape index (κ1) is 13.8. The van der Waals surface area contributed by atoms with E-state index in [4.69, 9.17) is 0 Å². The summed E-state index contributed by atoms with van der Waals surface area (Å²) < 4.78 is 0. The van der Waals surface area contributed by atoms with Crippen molar-refractivity contribution in [3.05, 3.63) is 0 Å². The van der Waals surface area contributed by atoms with E-state index in [2.05, 4.69) is 27.5 Å². The van der Waals surface area contributed by atoms with Gasteiger partial charge in [0.2, 0.25) is 5.91 Å². The molecule has 2 aliphatic rings. The largest absolute Gasteiger partial charge is 0.355 e. The lowest BCUT2D eigenvalue weighted by atomic mass is 10.3. The van der Waals surface area contributed by atoms with Gasteiger partial charge in [0.25, 0.3) is 0 Å². The summed E-state index contributed by atoms with van der Waals surface area (Å²) in [6, 6.07) is 0.612. The van der Waals surface area contributed by atoms with E-state index < -0.39 is 0 Å². The second-order valence-electron chi connectivity index (χ2n) is 5.50. The minimum Gasteiger partial charge on any atom is -0.355 e. The Morgan fingerprint density at radius 1 is 1.22 bits per heavy atom. The normalized spacial score (nSPS) is 22.1. The Kier molecular flexibility index (Phi) is 5.41. The van der Waals surface area contributed by atoms with E-state index >= 15 is 0 Å². The molecule has 1 saturated carbocycles. The first-order valence-corrected chi connectivity index (χ1v) is 7.15. The van der Waals surface area contributed by atoms with Crippen molar-refractivity contribution in [3.8, 4) is 0 Å². The molecule has 1 aliphatic heterocycles. The molecule has 1 amide bonds. The van der Waals surface area contributed by atoms with Crippen molar-refractivity contribution in [2.24, 2.45) is 0 Å². The van der Waals surface area contributed by atoms with Gasteiger partial charge in [0, 0.05) is 38.8 Å². The number of carbonyl (C=O) groups excluding carboxylic acids is 1. The molecule has 0 aromatic carbocycles. The van der Waals surface area contributed by atoms with E-state index in [9.17, 15) is 4.79 Å². The Bertz CT molecular complexity index is 260. The van der Waals surface area contributed by atoms with Crippen LogP contribution >= 0.6 is 0 Å². The van der Waals surface area contributed by atoms with Crippen LogP contribution in [0, 0.1) is 0 Å². The molecule has 2 N–H and O–H groups in total. The first-order chi connectivity index (χ1) is 8.74. The Hall–Kier alpha value is -0.650. The standard InChI is InChI=1S/C13H26N4O/c1-16-7-9-17(10-8-16)6-2-5-14-13(18)11-15-12-3-4-12/h12,15H,2-11H2,1H3,(H,14,18). The van der Waals surface area contributed by atoms with Crippen molar-refractivity contribution < 1.29 is 4.79 Å². The molecule has 18 heavy (non-hydrogen) atoms. The lowest BCUT2D eigenvalue weighted by molar-refractivity contribution is -0.120. The summed E-state index contributed by atoms with van der Waals surface area (Å²) in [7, 11) is 2.17. The minimum atomic E-state index is 0.139. The van der Waals surface area contributed by atoms with Crippen molar-refractivity contribution in [2.75, 3.05) is 52.9 Å². The smallest absolute Gasteiger partial charge is 0.233 e. The minimum absolute atomic E-state index is 0.139. The molecule has 104 valence electrons. The van der Waals surface area contributed by atoms with E-state index in [1.165, 1.54) is 12.8 Å². The van der Waals surface area contributed by atoms with Gasteiger partial charge in [-0.2, -0.15) is 0 Å². The second kappa shape index (κ2) is 7.07. The number of carbonyl (C=O) groups is 1. The van der Waals surface area contributed by atoms with Gasteiger partial charge in [-0.1, -0.05) is 0 Å². The number of hydrogen-bond donors (Lipinski definition) is 2. The SMILES string of the molecule is CN1CCN(CCCNC(=O)CNC2CC2)CC1. The molecule has 2 fully saturated rings. The molecule has 0 radical (unpaired) electrons. The molecule has 0 aromatic heterocycles. The maximum Gasteiger partial charge on any atom is 0.233 e. The van der Waals surface area contributed by atoms with Crippen LogP contribution < -0.4 is 10.6 Å². The second-order valence-corrected chi connectivity index (χ2v) is 5.50. The zero-order valence-electron chi connectivity index (χ0n) is 11.5. The third-order valence-electron chi connectivity index (χ3n) is 3.70. The van der Waals surface area contributed by atoms with Gasteiger partial charge in [0.05, 0.1) is 6.54 Å². The highest BCUT2D eigenvalue weighted by Gasteiger charge is 2.20. The van der Waals surface area contributed by atoms with Crippen LogP contribution in [-0.4, -0.2) is 74.6 Å². The van der Waals surface area contributed by atoms with Gasteiger partial charge in [-0.15, -0.1) is 0 Å². The molecule has 2 rings (SSSR count). The number of hydrogen-bond acceptors (Lipinski definition) is 4. The molecule has 0 bridgehead atoms. The summed E-state index contributed by atoms with van der Waals surface area (Å²) in [5.41, 5.74) is 0. The number of likely N-dealkylation sites (N-methyl/N-ethyl adjacent to an activating group) is 1. The monoisotopic (exact) mass is 254 g/mol. The molecule has 5 nitrogen and oxygen atoms in total. The fourth-order valence-corrected chi connectivity index (χ4v) is 2.19. The number of nitrogens with zero attached hydrogens (tertiary/aromatic N) is 2. The van der Waals surface area contributed by atoms with Gasteiger partial charge in [-0.3, -0.25) is 4.79 Å². The predicted octanol–water partition coefficient (Wildman–Crippen LogP) is -0.508. The zero-order valence-corrected chi connectivity index (χ0v) is 11.5. The molecule has 0 aromatic rings. The quantitative estimate of drug-likeness (QED) is 0.601. The summed E-state index contributed by atoms with van der Waals surface area (Å²) in [6.45, 7) is 7.04. The van der Waals surface area contributed by atoms with E-state index in [0.717, 1.165) is 45.7 Å². The predicted molar refractivity (Wildman–Crippen MR) is 72.6 cm³/mol. The van der Waals surface area contributed by atoms with Crippen LogP contribution in [0.5, 0.6) is 0 Å². The van der Waals surface area contributed by atoms with Crippen molar-refractivity contribution in [2.45, 2.75) is 25.3 Å². The Morgan fingerprint density at radius 2 is 1.94 bits per heavy atom. The highest BCUT2D eigenvalue weighted by atomic mass is 16.1. The van der Waals surface area contributed by atoms with Crippen LogP contribution in [0.3, 0.4) is 0 Å². The van der Waals surface area contributed by atoms with Crippen LogP contribution in [-0.2, 0) is 4.79 Å². The zero-order chi connectivity index (χ0) is 12.8. The first-order valence-electron chi connectivity index (χ1n) is 7.15. The van der Waals surface area contributed by atoms with E-state index in [1.807, 2.05) is 0 Å². The summed E-state index contributed by atoms with van der Waals surface area (Å²) in [4.78, 5) is 16.3. The van der Waals surface area contributed by atoms with E-state index in [-0.39, 0.29) is 5.91 Å². The molecule has 0 unspecified atom stereocenters. The number of nitrogens with one attached hydrogen (secondary N) is 2. The van der Waals surface area contributed by atoms with E-state index in [0.29, 0.717) is 12.6 Å². The summed E-state index contributed by atoms with van der Waals surface area (Å²) >= 11 is 0. The Balaban J connectivity index is 1.43. The van der Waals surface area contributed by atoms with Crippen LogP contribution in [0.15, 0.2) is 0 Å². The molecule has 1 aliphatic carbocycles. The van der Waals surface area contributed by atoms with E-state index in [1.54, 1.807) is 0 Å². The number of amides is 1. The van der Waals surface area contributed by atoms with Crippen molar-refractivity contribution in [3.63, 3.8) is 0 Å². The molecule has 5 heteroatoms. The molecular formula is C13H26N4O. The van der Waals surface area contributed by atoms with Crippen molar-refractivity contribution >= 4 is 5.91 Å². The van der Waals surface area contributed by atoms with Crippen LogP contribution in [0.2, 0.25) is 0 Å². The van der Waals surface area contributed by atoms with Crippen LogP contribution in [0.1, 0.15) is 19.3 Å².